The van der Waals surface area contributed by atoms with E-state index in [1.54, 1.807) is 12.1 Å². The number of hydrogen-bond acceptors (Lipinski definition) is 6. The second-order valence-electron chi connectivity index (χ2n) is 4.15. The molecule has 0 aliphatic rings. The summed E-state index contributed by atoms with van der Waals surface area (Å²) in [7, 11) is 0. The van der Waals surface area contributed by atoms with Crippen LogP contribution < -0.4 is 5.43 Å². The highest BCUT2D eigenvalue weighted by Crippen LogP contribution is 2.24. The first-order valence-corrected chi connectivity index (χ1v) is 6.32. The van der Waals surface area contributed by atoms with Crippen molar-refractivity contribution in [3.8, 4) is 0 Å². The molecule has 112 valence electrons. The van der Waals surface area contributed by atoms with Crippen LogP contribution >= 0.6 is 11.6 Å². The summed E-state index contributed by atoms with van der Waals surface area (Å²) in [5.74, 6) is 0. The van der Waals surface area contributed by atoms with Crippen LogP contribution in [0.2, 0.25) is 5.02 Å². The molecule has 0 atom stereocenters. The smallest absolute Gasteiger partial charge is 0.278 e. The molecule has 0 saturated heterocycles. The predicted molar refractivity (Wildman–Crippen MR) is 82.4 cm³/mol. The average Bonchev–Trinajstić information content (AvgIpc) is 2.49. The number of nitro benzene ring substituents is 2. The first-order valence-electron chi connectivity index (χ1n) is 5.95. The van der Waals surface area contributed by atoms with Crippen molar-refractivity contribution in [2.75, 3.05) is 5.43 Å². The van der Waals surface area contributed by atoms with Gasteiger partial charge in [0.1, 0.15) is 5.02 Å². The maximum Gasteiger partial charge on any atom is 0.288 e. The summed E-state index contributed by atoms with van der Waals surface area (Å²) in [5, 5.41) is 25.3. The fourth-order valence-corrected chi connectivity index (χ4v) is 1.81. The standard InChI is InChI=1S/C13H9ClN4O4/c14-12-5-4-9(6-13(12)18(21)22)8-15-16-10-2-1-3-11(7-10)17(19)20/h1-8,16H/b15-8+. The number of benzene rings is 2. The van der Waals surface area contributed by atoms with Gasteiger partial charge in [0.05, 0.1) is 21.7 Å². The van der Waals surface area contributed by atoms with Crippen molar-refractivity contribution < 1.29 is 9.85 Å². The number of nitro groups is 2. The number of non-ortho nitro benzene ring substituents is 1. The largest absolute Gasteiger partial charge is 0.288 e. The average molecular weight is 321 g/mol. The van der Waals surface area contributed by atoms with Crippen LogP contribution in [-0.4, -0.2) is 16.1 Å². The topological polar surface area (TPSA) is 111 Å². The molecule has 0 radical (unpaired) electrons. The van der Waals surface area contributed by atoms with Crippen molar-refractivity contribution >= 4 is 34.9 Å². The Kier molecular flexibility index (Phi) is 4.64. The molecular formula is C13H9ClN4O4. The molecule has 2 rings (SSSR count). The summed E-state index contributed by atoms with van der Waals surface area (Å²) in [6.45, 7) is 0. The zero-order chi connectivity index (χ0) is 16.1. The molecule has 0 spiro atoms. The van der Waals surface area contributed by atoms with Gasteiger partial charge in [0, 0.05) is 23.8 Å². The molecular weight excluding hydrogens is 312 g/mol. The molecule has 0 heterocycles. The molecule has 0 aliphatic heterocycles. The Balaban J connectivity index is 2.13. The highest BCUT2D eigenvalue weighted by atomic mass is 35.5. The van der Waals surface area contributed by atoms with Gasteiger partial charge in [-0.25, -0.2) is 0 Å². The lowest BCUT2D eigenvalue weighted by Crippen LogP contribution is -1.94. The van der Waals surface area contributed by atoms with Gasteiger partial charge < -0.3 is 0 Å². The second-order valence-corrected chi connectivity index (χ2v) is 4.55. The Morgan fingerprint density at radius 2 is 1.86 bits per heavy atom. The summed E-state index contributed by atoms with van der Waals surface area (Å²) >= 11 is 5.70. The van der Waals surface area contributed by atoms with Gasteiger partial charge in [-0.2, -0.15) is 5.10 Å². The minimum Gasteiger partial charge on any atom is -0.278 e. The van der Waals surface area contributed by atoms with Gasteiger partial charge in [-0.3, -0.25) is 25.7 Å². The molecule has 9 heteroatoms. The third-order valence-electron chi connectivity index (χ3n) is 2.63. The lowest BCUT2D eigenvalue weighted by molar-refractivity contribution is -0.384. The van der Waals surface area contributed by atoms with E-state index in [2.05, 4.69) is 10.5 Å². The van der Waals surface area contributed by atoms with Crippen molar-refractivity contribution in [1.29, 1.82) is 0 Å². The van der Waals surface area contributed by atoms with Gasteiger partial charge >= 0.3 is 0 Å². The molecule has 0 unspecified atom stereocenters. The van der Waals surface area contributed by atoms with E-state index in [-0.39, 0.29) is 16.4 Å². The number of halogens is 1. The lowest BCUT2D eigenvalue weighted by atomic mass is 10.2. The van der Waals surface area contributed by atoms with E-state index in [0.29, 0.717) is 11.3 Å². The van der Waals surface area contributed by atoms with Gasteiger partial charge in [0.25, 0.3) is 11.4 Å². The summed E-state index contributed by atoms with van der Waals surface area (Å²) in [6.07, 6.45) is 1.35. The molecule has 0 aromatic heterocycles. The highest BCUT2D eigenvalue weighted by Gasteiger charge is 2.11. The Bertz CT molecular complexity index is 763. The fraction of sp³-hybridized carbons (Fsp3) is 0. The van der Waals surface area contributed by atoms with E-state index in [4.69, 9.17) is 11.6 Å². The molecule has 2 aromatic rings. The second kappa shape index (κ2) is 6.64. The first kappa shape index (κ1) is 15.4. The van der Waals surface area contributed by atoms with Crippen molar-refractivity contribution in [2.45, 2.75) is 0 Å². The van der Waals surface area contributed by atoms with E-state index in [1.165, 1.54) is 36.5 Å². The SMILES string of the molecule is O=[N+]([O-])c1cccc(N/N=C/c2ccc(Cl)c([N+](=O)[O-])c2)c1. The molecule has 0 bridgehead atoms. The Morgan fingerprint density at radius 3 is 2.55 bits per heavy atom. The van der Waals surface area contributed by atoms with Crippen LogP contribution in [-0.2, 0) is 0 Å². The van der Waals surface area contributed by atoms with Crippen LogP contribution in [0.15, 0.2) is 47.6 Å². The third-order valence-corrected chi connectivity index (χ3v) is 2.95. The van der Waals surface area contributed by atoms with Crippen LogP contribution in [0.3, 0.4) is 0 Å². The minimum absolute atomic E-state index is 0.0359. The molecule has 2 aromatic carbocycles. The van der Waals surface area contributed by atoms with Gasteiger partial charge in [0.15, 0.2) is 0 Å². The first-order chi connectivity index (χ1) is 10.5. The number of hydrogen-bond donors (Lipinski definition) is 1. The molecule has 0 aliphatic carbocycles. The maximum absolute atomic E-state index is 10.8. The Morgan fingerprint density at radius 1 is 1.09 bits per heavy atom. The normalized spacial score (nSPS) is 10.6. The van der Waals surface area contributed by atoms with Crippen LogP contribution in [0.5, 0.6) is 0 Å². The number of nitrogens with zero attached hydrogens (tertiary/aromatic N) is 3. The number of hydrazone groups is 1. The van der Waals surface area contributed by atoms with Crippen LogP contribution in [0.25, 0.3) is 0 Å². The van der Waals surface area contributed by atoms with Gasteiger partial charge in [-0.05, 0) is 12.1 Å². The molecule has 1 N–H and O–H groups in total. The predicted octanol–water partition coefficient (Wildman–Crippen LogP) is 3.60. The van der Waals surface area contributed by atoms with E-state index in [1.807, 2.05) is 0 Å². The molecule has 0 saturated carbocycles. The Hall–Kier alpha value is -3.00. The highest BCUT2D eigenvalue weighted by molar-refractivity contribution is 6.32. The zero-order valence-corrected chi connectivity index (χ0v) is 11.7. The maximum atomic E-state index is 10.8. The van der Waals surface area contributed by atoms with Crippen LogP contribution in [0.4, 0.5) is 17.1 Å². The van der Waals surface area contributed by atoms with E-state index < -0.39 is 9.85 Å². The van der Waals surface area contributed by atoms with Crippen molar-refractivity contribution in [1.82, 2.24) is 0 Å². The monoisotopic (exact) mass is 320 g/mol. The zero-order valence-electron chi connectivity index (χ0n) is 11.0. The van der Waals surface area contributed by atoms with Crippen molar-refractivity contribution in [3.63, 3.8) is 0 Å². The van der Waals surface area contributed by atoms with Gasteiger partial charge in [0.2, 0.25) is 0 Å². The van der Waals surface area contributed by atoms with Crippen molar-refractivity contribution in [2.24, 2.45) is 5.10 Å². The molecule has 0 fully saturated rings. The summed E-state index contributed by atoms with van der Waals surface area (Å²) in [4.78, 5) is 20.3. The number of anilines is 1. The molecule has 22 heavy (non-hydrogen) atoms. The molecule has 8 nitrogen and oxygen atoms in total. The number of nitrogens with one attached hydrogen (secondary N) is 1. The van der Waals surface area contributed by atoms with E-state index in [0.717, 1.165) is 0 Å². The quantitative estimate of drug-likeness (QED) is 0.514. The van der Waals surface area contributed by atoms with Gasteiger partial charge in [-0.15, -0.1) is 0 Å². The van der Waals surface area contributed by atoms with Crippen molar-refractivity contribution in [3.05, 3.63) is 73.3 Å². The fourth-order valence-electron chi connectivity index (χ4n) is 1.62. The van der Waals surface area contributed by atoms with Gasteiger partial charge in [-0.1, -0.05) is 23.7 Å². The number of rotatable bonds is 5. The van der Waals surface area contributed by atoms with Crippen LogP contribution in [0, 0.1) is 20.2 Å². The third kappa shape index (κ3) is 3.76. The van der Waals surface area contributed by atoms with E-state index in [9.17, 15) is 20.2 Å². The summed E-state index contributed by atoms with van der Waals surface area (Å²) < 4.78 is 0. The molecule has 0 amide bonds. The Labute approximate surface area is 129 Å². The van der Waals surface area contributed by atoms with Crippen LogP contribution in [0.1, 0.15) is 5.56 Å². The van der Waals surface area contributed by atoms with E-state index >= 15 is 0 Å². The summed E-state index contributed by atoms with van der Waals surface area (Å²) in [5.41, 5.74) is 3.22. The lowest BCUT2D eigenvalue weighted by Gasteiger charge is -2.00. The minimum atomic E-state index is -0.590. The summed E-state index contributed by atoms with van der Waals surface area (Å²) in [6, 6.07) is 10.0.